The van der Waals surface area contributed by atoms with Crippen LogP contribution >= 0.6 is 0 Å². The molecule has 0 bridgehead atoms. The van der Waals surface area contributed by atoms with E-state index in [0.717, 1.165) is 25.7 Å². The molecular formula is C44H42N4O10. The number of hydrogen-bond donors (Lipinski definition) is 0. The normalized spacial score (nSPS) is 17.1. The number of unbranched alkanes of at least 4 members (excludes halogenated alkanes) is 2. The van der Waals surface area contributed by atoms with Crippen LogP contribution < -0.4 is 0 Å². The van der Waals surface area contributed by atoms with Crippen LogP contribution in [-0.4, -0.2) is 106 Å². The van der Waals surface area contributed by atoms with Gasteiger partial charge in [-0.25, -0.2) is 0 Å². The van der Waals surface area contributed by atoms with E-state index >= 15 is 0 Å². The summed E-state index contributed by atoms with van der Waals surface area (Å²) >= 11 is 0. The van der Waals surface area contributed by atoms with Crippen molar-refractivity contribution in [2.45, 2.75) is 78.3 Å². The summed E-state index contributed by atoms with van der Waals surface area (Å²) in [5.41, 5.74) is 0.179. The number of hydrazine groups is 1. The first kappa shape index (κ1) is 38.7. The molecule has 8 rings (SSSR count). The summed E-state index contributed by atoms with van der Waals surface area (Å²) in [6, 6.07) is 10.00. The number of amides is 8. The molecule has 0 fully saturated rings. The Labute approximate surface area is 333 Å². The average molecular weight is 787 g/mol. The monoisotopic (exact) mass is 786 g/mol. The second kappa shape index (κ2) is 15.0. The standard InChI is InChI=1S/C44H42N4O10/c1-5-9-19-57-21-23(7-3)45-37(49)25-11-15-29-35-30(16-12-26(33(25)35)38(45)50)42(54)47(41(29)53)48-43(55)31-17-13-27-34-28(14-18-32(36(31)34)44(48)56)40(52)46(39(27)51)24(8-4)22-58-20-10-6-2/h11-18,23-24H,5-10,19-22H2,1-4H3. The molecule has 0 saturated carbocycles. The molecule has 298 valence electrons. The molecule has 0 radical (unpaired) electrons. The third-order valence-electron chi connectivity index (χ3n) is 11.6. The maximum Gasteiger partial charge on any atom is 0.281 e. The quantitative estimate of drug-likeness (QED) is 0.100. The van der Waals surface area contributed by atoms with Gasteiger partial charge in [-0.15, -0.1) is 0 Å². The summed E-state index contributed by atoms with van der Waals surface area (Å²) in [5.74, 6) is -6.39. The van der Waals surface area contributed by atoms with Crippen molar-refractivity contribution in [2.24, 2.45) is 0 Å². The summed E-state index contributed by atoms with van der Waals surface area (Å²) in [6.07, 6.45) is 4.41. The van der Waals surface area contributed by atoms with Gasteiger partial charge in [-0.3, -0.25) is 48.2 Å². The van der Waals surface area contributed by atoms with Crippen molar-refractivity contribution in [1.29, 1.82) is 0 Å². The lowest BCUT2D eigenvalue weighted by Crippen LogP contribution is -2.58. The largest absolute Gasteiger partial charge is 0.379 e. The lowest BCUT2D eigenvalue weighted by molar-refractivity contribution is 0.00210. The Morgan fingerprint density at radius 2 is 0.638 bits per heavy atom. The van der Waals surface area contributed by atoms with Crippen LogP contribution in [0.1, 0.15) is 149 Å². The zero-order valence-corrected chi connectivity index (χ0v) is 32.7. The van der Waals surface area contributed by atoms with E-state index in [1.165, 1.54) is 58.3 Å². The van der Waals surface area contributed by atoms with Crippen molar-refractivity contribution >= 4 is 68.8 Å². The predicted octanol–water partition coefficient (Wildman–Crippen LogP) is 6.18. The van der Waals surface area contributed by atoms with Crippen molar-refractivity contribution in [1.82, 2.24) is 19.8 Å². The van der Waals surface area contributed by atoms with Crippen LogP contribution in [0.2, 0.25) is 0 Å². The van der Waals surface area contributed by atoms with Gasteiger partial charge in [0.1, 0.15) is 0 Å². The van der Waals surface area contributed by atoms with Gasteiger partial charge in [0.2, 0.25) is 0 Å². The molecule has 14 heteroatoms. The fraction of sp³-hybridized carbons (Fsp3) is 0.364. The fourth-order valence-corrected chi connectivity index (χ4v) is 8.47. The van der Waals surface area contributed by atoms with E-state index in [1.807, 2.05) is 27.7 Å². The lowest BCUT2D eigenvalue weighted by Gasteiger charge is -2.39. The lowest BCUT2D eigenvalue weighted by atomic mass is 9.85. The molecule has 4 aliphatic heterocycles. The molecule has 2 atom stereocenters. The van der Waals surface area contributed by atoms with E-state index in [1.54, 1.807) is 0 Å². The number of hydrogen-bond acceptors (Lipinski definition) is 10. The molecule has 4 aliphatic rings. The molecule has 4 aromatic carbocycles. The SMILES string of the molecule is CCCCOCC(CC)N1C(=O)c2ccc3c4c(ccc(c24)C1=O)C(=O)N(N1C(=O)c2ccc4c5c(ccc(c25)C1=O)C(=O)N(C(CC)COCCCC)C4=O)C3=O. The third kappa shape index (κ3) is 5.60. The molecule has 8 amide bonds. The first-order valence-corrected chi connectivity index (χ1v) is 19.9. The Kier molecular flexibility index (Phi) is 10.0. The Balaban J connectivity index is 1.14. The van der Waals surface area contributed by atoms with E-state index < -0.39 is 59.3 Å². The Morgan fingerprint density at radius 3 is 0.862 bits per heavy atom. The van der Waals surface area contributed by atoms with Crippen LogP contribution in [0.4, 0.5) is 0 Å². The molecular weight excluding hydrogens is 745 g/mol. The molecule has 58 heavy (non-hydrogen) atoms. The molecule has 0 N–H and O–H groups in total. The Morgan fingerprint density at radius 1 is 0.397 bits per heavy atom. The van der Waals surface area contributed by atoms with E-state index in [4.69, 9.17) is 9.47 Å². The summed E-state index contributed by atoms with van der Waals surface area (Å²) in [6.45, 7) is 9.06. The van der Waals surface area contributed by atoms with Gasteiger partial charge < -0.3 is 9.47 Å². The van der Waals surface area contributed by atoms with Crippen LogP contribution in [0, 0.1) is 0 Å². The molecule has 14 nitrogen and oxygen atoms in total. The summed E-state index contributed by atoms with van der Waals surface area (Å²) in [5, 5.41) is 1.41. The van der Waals surface area contributed by atoms with Crippen LogP contribution in [-0.2, 0) is 9.47 Å². The van der Waals surface area contributed by atoms with Crippen molar-refractivity contribution in [3.05, 3.63) is 93.0 Å². The minimum absolute atomic E-state index is 0.0772. The van der Waals surface area contributed by atoms with Gasteiger partial charge in [0, 0.05) is 57.0 Å². The molecule has 0 spiro atoms. The number of rotatable bonds is 15. The van der Waals surface area contributed by atoms with Gasteiger partial charge in [0.15, 0.2) is 0 Å². The highest BCUT2D eigenvalue weighted by Gasteiger charge is 2.49. The van der Waals surface area contributed by atoms with Gasteiger partial charge in [-0.05, 0) is 74.2 Å². The van der Waals surface area contributed by atoms with Crippen molar-refractivity contribution < 1.29 is 47.8 Å². The molecule has 2 unspecified atom stereocenters. The molecule has 0 aromatic heterocycles. The van der Waals surface area contributed by atoms with Crippen molar-refractivity contribution in [3.63, 3.8) is 0 Å². The molecule has 0 aliphatic carbocycles. The highest BCUT2D eigenvalue weighted by atomic mass is 16.5. The second-order valence-corrected chi connectivity index (χ2v) is 14.9. The van der Waals surface area contributed by atoms with Gasteiger partial charge in [0.25, 0.3) is 47.3 Å². The number of imide groups is 4. The number of carbonyl (C=O) groups excluding carboxylic acids is 8. The minimum Gasteiger partial charge on any atom is -0.379 e. The maximum absolute atomic E-state index is 14.4. The smallest absolute Gasteiger partial charge is 0.281 e. The zero-order valence-electron chi connectivity index (χ0n) is 32.7. The first-order chi connectivity index (χ1) is 28.0. The van der Waals surface area contributed by atoms with Gasteiger partial charge in [-0.1, -0.05) is 40.5 Å². The van der Waals surface area contributed by atoms with Crippen LogP contribution in [0.3, 0.4) is 0 Å². The number of ether oxygens (including phenoxy) is 2. The summed E-state index contributed by atoms with van der Waals surface area (Å²) in [7, 11) is 0. The van der Waals surface area contributed by atoms with E-state index in [2.05, 4.69) is 0 Å². The highest BCUT2D eigenvalue weighted by molar-refractivity contribution is 6.37. The number of benzene rings is 4. The van der Waals surface area contributed by atoms with Crippen molar-refractivity contribution in [2.75, 3.05) is 26.4 Å². The van der Waals surface area contributed by atoms with Gasteiger partial charge in [0.05, 0.1) is 47.6 Å². The van der Waals surface area contributed by atoms with Gasteiger partial charge >= 0.3 is 0 Å². The Hall–Kier alpha value is -6.12. The fourth-order valence-electron chi connectivity index (χ4n) is 8.47. The van der Waals surface area contributed by atoms with Crippen LogP contribution in [0.5, 0.6) is 0 Å². The van der Waals surface area contributed by atoms with Crippen molar-refractivity contribution in [3.8, 4) is 0 Å². The number of nitrogens with zero attached hydrogens (tertiary/aromatic N) is 4. The van der Waals surface area contributed by atoms with Crippen LogP contribution in [0.25, 0.3) is 21.5 Å². The highest BCUT2D eigenvalue weighted by Crippen LogP contribution is 2.42. The summed E-state index contributed by atoms with van der Waals surface area (Å²) < 4.78 is 11.6. The first-order valence-electron chi connectivity index (χ1n) is 19.9. The number of carbonyl (C=O) groups is 8. The molecule has 4 aromatic rings. The van der Waals surface area contributed by atoms with Gasteiger partial charge in [-0.2, -0.15) is 10.0 Å². The molecule has 0 saturated heterocycles. The average Bonchev–Trinajstić information content (AvgIpc) is 3.22. The predicted molar refractivity (Wildman–Crippen MR) is 210 cm³/mol. The molecule has 4 heterocycles. The van der Waals surface area contributed by atoms with Crippen LogP contribution in [0.15, 0.2) is 48.5 Å². The second-order valence-electron chi connectivity index (χ2n) is 14.9. The topological polar surface area (TPSA) is 168 Å². The maximum atomic E-state index is 14.4. The van der Waals surface area contributed by atoms with E-state index in [9.17, 15) is 38.4 Å². The van der Waals surface area contributed by atoms with E-state index in [0.29, 0.717) is 36.1 Å². The zero-order chi connectivity index (χ0) is 41.2. The Bertz CT molecular complexity index is 2210. The van der Waals surface area contributed by atoms with E-state index in [-0.39, 0.29) is 79.3 Å². The summed E-state index contributed by atoms with van der Waals surface area (Å²) in [4.78, 5) is 116. The minimum atomic E-state index is -1.01. The third-order valence-corrected chi connectivity index (χ3v) is 11.6.